The van der Waals surface area contributed by atoms with E-state index in [4.69, 9.17) is 0 Å². The molecule has 4 nitrogen and oxygen atoms in total. The Morgan fingerprint density at radius 3 is 2.65 bits per heavy atom. The molecule has 2 aromatic heterocycles. The Kier molecular flexibility index (Phi) is 3.92. The van der Waals surface area contributed by atoms with Gasteiger partial charge in [-0.25, -0.2) is 0 Å². The van der Waals surface area contributed by atoms with Crippen LogP contribution in [0.25, 0.3) is 0 Å². The zero-order valence-electron chi connectivity index (χ0n) is 11.8. The standard InChI is InChI=1S/C16H20N4/c1-20(12-13-4-7-17-8-5-13)16-11-18-9-6-14(16)10-19-15-2-3-15/h4-9,11,15,19H,2-3,10,12H2,1H3. The maximum atomic E-state index is 4.27. The fourth-order valence-corrected chi connectivity index (χ4v) is 2.30. The lowest BCUT2D eigenvalue weighted by Crippen LogP contribution is -2.21. The van der Waals surface area contributed by atoms with Gasteiger partial charge in [-0.15, -0.1) is 0 Å². The third-order valence-electron chi connectivity index (χ3n) is 3.63. The summed E-state index contributed by atoms with van der Waals surface area (Å²) in [4.78, 5) is 10.6. The molecule has 3 rings (SSSR count). The summed E-state index contributed by atoms with van der Waals surface area (Å²) in [5, 5.41) is 3.57. The first-order valence-corrected chi connectivity index (χ1v) is 7.09. The second-order valence-electron chi connectivity index (χ2n) is 5.37. The molecule has 0 atom stereocenters. The maximum absolute atomic E-state index is 4.27. The van der Waals surface area contributed by atoms with Crippen molar-refractivity contribution < 1.29 is 0 Å². The average molecular weight is 268 g/mol. The van der Waals surface area contributed by atoms with Crippen molar-refractivity contribution in [3.63, 3.8) is 0 Å². The van der Waals surface area contributed by atoms with Crippen molar-refractivity contribution in [2.24, 2.45) is 0 Å². The van der Waals surface area contributed by atoms with Gasteiger partial charge in [-0.3, -0.25) is 9.97 Å². The Bertz CT molecular complexity index is 551. The molecule has 104 valence electrons. The molecule has 0 bridgehead atoms. The van der Waals surface area contributed by atoms with Crippen LogP contribution in [-0.4, -0.2) is 23.1 Å². The van der Waals surface area contributed by atoms with Crippen LogP contribution in [0.4, 0.5) is 5.69 Å². The molecule has 1 aliphatic rings. The summed E-state index contributed by atoms with van der Waals surface area (Å²) in [5.74, 6) is 0. The van der Waals surface area contributed by atoms with Crippen molar-refractivity contribution in [2.45, 2.75) is 32.0 Å². The third-order valence-corrected chi connectivity index (χ3v) is 3.63. The Morgan fingerprint density at radius 1 is 1.15 bits per heavy atom. The monoisotopic (exact) mass is 268 g/mol. The molecule has 20 heavy (non-hydrogen) atoms. The highest BCUT2D eigenvalue weighted by Gasteiger charge is 2.20. The molecule has 4 heteroatoms. The molecule has 0 radical (unpaired) electrons. The van der Waals surface area contributed by atoms with Gasteiger partial charge in [0, 0.05) is 44.8 Å². The molecule has 0 aliphatic heterocycles. The molecule has 0 aromatic carbocycles. The van der Waals surface area contributed by atoms with Crippen LogP contribution < -0.4 is 10.2 Å². The van der Waals surface area contributed by atoms with Crippen molar-refractivity contribution in [1.29, 1.82) is 0 Å². The molecular formula is C16H20N4. The van der Waals surface area contributed by atoms with Gasteiger partial charge in [0.15, 0.2) is 0 Å². The van der Waals surface area contributed by atoms with Crippen LogP contribution in [-0.2, 0) is 13.1 Å². The zero-order valence-corrected chi connectivity index (χ0v) is 11.8. The fourth-order valence-electron chi connectivity index (χ4n) is 2.30. The summed E-state index contributed by atoms with van der Waals surface area (Å²) in [6.45, 7) is 1.79. The molecule has 0 unspecified atom stereocenters. The number of hydrogen-bond acceptors (Lipinski definition) is 4. The minimum atomic E-state index is 0.724. The summed E-state index contributed by atoms with van der Waals surface area (Å²) >= 11 is 0. The summed E-state index contributed by atoms with van der Waals surface area (Å²) in [6, 6.07) is 6.93. The van der Waals surface area contributed by atoms with Gasteiger partial charge in [0.2, 0.25) is 0 Å². The van der Waals surface area contributed by atoms with Gasteiger partial charge in [-0.1, -0.05) is 0 Å². The average Bonchev–Trinajstić information content (AvgIpc) is 3.31. The van der Waals surface area contributed by atoms with Crippen LogP contribution in [0.3, 0.4) is 0 Å². The lowest BCUT2D eigenvalue weighted by atomic mass is 10.2. The van der Waals surface area contributed by atoms with Gasteiger partial charge in [-0.2, -0.15) is 0 Å². The maximum Gasteiger partial charge on any atom is 0.0598 e. The van der Waals surface area contributed by atoms with Crippen LogP contribution in [0.2, 0.25) is 0 Å². The minimum absolute atomic E-state index is 0.724. The first kappa shape index (κ1) is 13.1. The number of aromatic nitrogens is 2. The van der Waals surface area contributed by atoms with E-state index in [9.17, 15) is 0 Å². The van der Waals surface area contributed by atoms with Gasteiger partial charge in [0.25, 0.3) is 0 Å². The van der Waals surface area contributed by atoms with E-state index in [1.807, 2.05) is 24.8 Å². The highest BCUT2D eigenvalue weighted by atomic mass is 15.1. The second-order valence-corrected chi connectivity index (χ2v) is 5.37. The van der Waals surface area contributed by atoms with Crippen molar-refractivity contribution in [1.82, 2.24) is 15.3 Å². The van der Waals surface area contributed by atoms with E-state index >= 15 is 0 Å². The molecule has 1 N–H and O–H groups in total. The predicted octanol–water partition coefficient (Wildman–Crippen LogP) is 2.37. The third kappa shape index (κ3) is 3.33. The highest BCUT2D eigenvalue weighted by molar-refractivity contribution is 5.51. The normalized spacial score (nSPS) is 14.2. The van der Waals surface area contributed by atoms with Crippen molar-refractivity contribution >= 4 is 5.69 Å². The predicted molar refractivity (Wildman–Crippen MR) is 80.4 cm³/mol. The van der Waals surface area contributed by atoms with Crippen molar-refractivity contribution in [3.8, 4) is 0 Å². The molecule has 1 aliphatic carbocycles. The van der Waals surface area contributed by atoms with Crippen molar-refractivity contribution in [2.75, 3.05) is 11.9 Å². The number of anilines is 1. The quantitative estimate of drug-likeness (QED) is 0.873. The lowest BCUT2D eigenvalue weighted by molar-refractivity contribution is 0.684. The van der Waals surface area contributed by atoms with Crippen LogP contribution in [0.1, 0.15) is 24.0 Å². The molecule has 2 heterocycles. The Labute approximate surface area is 119 Å². The van der Waals surface area contributed by atoms with E-state index < -0.39 is 0 Å². The number of nitrogens with one attached hydrogen (secondary N) is 1. The van der Waals surface area contributed by atoms with Gasteiger partial charge in [-0.05, 0) is 42.2 Å². The van der Waals surface area contributed by atoms with Crippen molar-refractivity contribution in [3.05, 3.63) is 54.1 Å². The summed E-state index contributed by atoms with van der Waals surface area (Å²) in [7, 11) is 2.11. The summed E-state index contributed by atoms with van der Waals surface area (Å²) in [6.07, 6.45) is 10.1. The summed E-state index contributed by atoms with van der Waals surface area (Å²) in [5.41, 5.74) is 3.76. The van der Waals surface area contributed by atoms with Crippen LogP contribution >= 0.6 is 0 Å². The lowest BCUT2D eigenvalue weighted by Gasteiger charge is -2.22. The van der Waals surface area contributed by atoms with Gasteiger partial charge in [0.1, 0.15) is 0 Å². The first-order valence-electron chi connectivity index (χ1n) is 7.09. The Hall–Kier alpha value is -1.94. The van der Waals surface area contributed by atoms with E-state index in [-0.39, 0.29) is 0 Å². The first-order chi connectivity index (χ1) is 9.83. The highest BCUT2D eigenvalue weighted by Crippen LogP contribution is 2.23. The minimum Gasteiger partial charge on any atom is -0.369 e. The molecule has 0 saturated heterocycles. The Balaban J connectivity index is 1.71. The largest absolute Gasteiger partial charge is 0.369 e. The second kappa shape index (κ2) is 6.01. The van der Waals surface area contributed by atoms with E-state index in [1.165, 1.54) is 29.7 Å². The van der Waals surface area contributed by atoms with Crippen LogP contribution in [0, 0.1) is 0 Å². The molecule has 0 amide bonds. The number of pyridine rings is 2. The number of rotatable bonds is 6. The van der Waals surface area contributed by atoms with Gasteiger partial charge >= 0.3 is 0 Å². The van der Waals surface area contributed by atoms with E-state index in [0.29, 0.717) is 0 Å². The van der Waals surface area contributed by atoms with Crippen LogP contribution in [0.15, 0.2) is 43.0 Å². The fraction of sp³-hybridized carbons (Fsp3) is 0.375. The smallest absolute Gasteiger partial charge is 0.0598 e. The van der Waals surface area contributed by atoms with E-state index in [0.717, 1.165) is 19.1 Å². The molecule has 1 saturated carbocycles. The molecular weight excluding hydrogens is 248 g/mol. The van der Waals surface area contributed by atoms with Gasteiger partial charge in [0.05, 0.1) is 11.9 Å². The van der Waals surface area contributed by atoms with Gasteiger partial charge < -0.3 is 10.2 Å². The number of nitrogens with zero attached hydrogens (tertiary/aromatic N) is 3. The topological polar surface area (TPSA) is 41.1 Å². The molecule has 2 aromatic rings. The Morgan fingerprint density at radius 2 is 1.90 bits per heavy atom. The van der Waals surface area contributed by atoms with E-state index in [1.54, 1.807) is 0 Å². The zero-order chi connectivity index (χ0) is 13.8. The van der Waals surface area contributed by atoms with Crippen LogP contribution in [0.5, 0.6) is 0 Å². The molecule has 0 spiro atoms. The molecule has 1 fully saturated rings. The number of hydrogen-bond donors (Lipinski definition) is 1. The van der Waals surface area contributed by atoms with E-state index in [2.05, 4.69) is 45.4 Å². The summed E-state index contributed by atoms with van der Waals surface area (Å²) < 4.78 is 0. The SMILES string of the molecule is CN(Cc1ccncc1)c1cnccc1CNC1CC1.